The lowest BCUT2D eigenvalue weighted by Crippen LogP contribution is -2.27. The van der Waals surface area contributed by atoms with E-state index >= 15 is 0 Å². The van der Waals surface area contributed by atoms with Crippen LogP contribution >= 0.6 is 0 Å². The summed E-state index contributed by atoms with van der Waals surface area (Å²) in [4.78, 5) is 25.9. The number of carbonyl (C=O) groups excluding carboxylic acids is 2. The highest BCUT2D eigenvalue weighted by molar-refractivity contribution is 6.15. The minimum absolute atomic E-state index is 0.238. The third-order valence-electron chi connectivity index (χ3n) is 5.08. The Morgan fingerprint density at radius 2 is 1.61 bits per heavy atom. The molecule has 3 aromatic rings. The first-order valence-corrected chi connectivity index (χ1v) is 10.1. The minimum Gasteiger partial charge on any atom is -0.497 e. The SMILES string of the molecule is COc1ccc(CCNC(=O)c2ccccc2C(=O)c2ccc3c(c2)OCCO3)cc1. The summed E-state index contributed by atoms with van der Waals surface area (Å²) in [6.45, 7) is 1.38. The fourth-order valence-corrected chi connectivity index (χ4v) is 3.43. The van der Waals surface area contributed by atoms with E-state index in [0.29, 0.717) is 54.4 Å². The van der Waals surface area contributed by atoms with E-state index in [1.807, 2.05) is 24.3 Å². The molecule has 1 N–H and O–H groups in total. The van der Waals surface area contributed by atoms with Crippen LogP contribution in [0.15, 0.2) is 66.7 Å². The van der Waals surface area contributed by atoms with Gasteiger partial charge in [-0.3, -0.25) is 9.59 Å². The Morgan fingerprint density at radius 1 is 0.903 bits per heavy atom. The summed E-state index contributed by atoms with van der Waals surface area (Å²) >= 11 is 0. The first kappa shape index (κ1) is 20.5. The van der Waals surface area contributed by atoms with Gasteiger partial charge in [-0.1, -0.05) is 30.3 Å². The van der Waals surface area contributed by atoms with E-state index in [4.69, 9.17) is 14.2 Å². The van der Waals surface area contributed by atoms with Gasteiger partial charge in [0.05, 0.1) is 12.7 Å². The predicted molar refractivity (Wildman–Crippen MR) is 116 cm³/mol. The first-order valence-electron chi connectivity index (χ1n) is 10.1. The summed E-state index contributed by atoms with van der Waals surface area (Å²) in [7, 11) is 1.62. The van der Waals surface area contributed by atoms with Crippen LogP contribution in [0, 0.1) is 0 Å². The Morgan fingerprint density at radius 3 is 2.35 bits per heavy atom. The van der Waals surface area contributed by atoms with E-state index in [2.05, 4.69) is 5.32 Å². The lowest BCUT2D eigenvalue weighted by atomic mass is 9.97. The number of carbonyl (C=O) groups is 2. The highest BCUT2D eigenvalue weighted by Gasteiger charge is 2.20. The summed E-state index contributed by atoms with van der Waals surface area (Å²) < 4.78 is 16.2. The van der Waals surface area contributed by atoms with Crippen molar-refractivity contribution >= 4 is 11.7 Å². The standard InChI is InChI=1S/C25H23NO5/c1-29-19-9-6-17(7-10-19)12-13-26-25(28)21-5-3-2-4-20(21)24(27)18-8-11-22-23(16-18)31-15-14-30-22/h2-11,16H,12-15H2,1H3,(H,26,28). The lowest BCUT2D eigenvalue weighted by molar-refractivity contribution is 0.0942. The Labute approximate surface area is 180 Å². The van der Waals surface area contributed by atoms with Crippen molar-refractivity contribution < 1.29 is 23.8 Å². The Bertz CT molecular complexity index is 1090. The van der Waals surface area contributed by atoms with Gasteiger partial charge >= 0.3 is 0 Å². The number of fused-ring (bicyclic) bond motifs is 1. The summed E-state index contributed by atoms with van der Waals surface area (Å²) in [5.74, 6) is 1.43. The van der Waals surface area contributed by atoms with E-state index in [9.17, 15) is 9.59 Å². The summed E-state index contributed by atoms with van der Waals surface area (Å²) in [5.41, 5.74) is 2.22. The van der Waals surface area contributed by atoms with Gasteiger partial charge < -0.3 is 19.5 Å². The number of ketones is 1. The second-order valence-electron chi connectivity index (χ2n) is 7.09. The fourth-order valence-electron chi connectivity index (χ4n) is 3.43. The number of methoxy groups -OCH3 is 1. The molecular weight excluding hydrogens is 394 g/mol. The van der Waals surface area contributed by atoms with Gasteiger partial charge in [0.2, 0.25) is 0 Å². The van der Waals surface area contributed by atoms with Crippen molar-refractivity contribution in [3.63, 3.8) is 0 Å². The van der Waals surface area contributed by atoms with Gasteiger partial charge in [-0.25, -0.2) is 0 Å². The molecule has 0 saturated heterocycles. The maximum absolute atomic E-state index is 13.1. The minimum atomic E-state index is -0.282. The van der Waals surface area contributed by atoms with Gasteiger partial charge in [-0.05, 0) is 48.4 Å². The topological polar surface area (TPSA) is 73.9 Å². The van der Waals surface area contributed by atoms with E-state index in [-0.39, 0.29) is 11.7 Å². The smallest absolute Gasteiger partial charge is 0.252 e. The van der Waals surface area contributed by atoms with Gasteiger partial charge in [-0.2, -0.15) is 0 Å². The molecule has 0 aliphatic carbocycles. The van der Waals surface area contributed by atoms with Crippen LogP contribution in [-0.2, 0) is 6.42 Å². The van der Waals surface area contributed by atoms with Crippen LogP contribution in [-0.4, -0.2) is 38.6 Å². The van der Waals surface area contributed by atoms with Crippen LogP contribution in [0.25, 0.3) is 0 Å². The molecule has 0 unspecified atom stereocenters. The molecule has 0 radical (unpaired) electrons. The lowest BCUT2D eigenvalue weighted by Gasteiger charge is -2.18. The van der Waals surface area contributed by atoms with E-state index < -0.39 is 0 Å². The van der Waals surface area contributed by atoms with Crippen LogP contribution < -0.4 is 19.5 Å². The zero-order valence-corrected chi connectivity index (χ0v) is 17.2. The Balaban J connectivity index is 1.46. The molecule has 31 heavy (non-hydrogen) atoms. The maximum atomic E-state index is 13.1. The van der Waals surface area contributed by atoms with Crippen LogP contribution in [0.3, 0.4) is 0 Å². The van der Waals surface area contributed by atoms with Crippen LogP contribution in [0.1, 0.15) is 31.8 Å². The second-order valence-corrected chi connectivity index (χ2v) is 7.09. The molecule has 3 aromatic carbocycles. The normalized spacial score (nSPS) is 12.2. The number of hydrogen-bond donors (Lipinski definition) is 1. The number of rotatable bonds is 7. The Hall–Kier alpha value is -3.80. The van der Waals surface area contributed by atoms with Crippen LogP contribution in [0.2, 0.25) is 0 Å². The molecule has 0 fully saturated rings. The molecule has 0 aromatic heterocycles. The molecule has 6 heteroatoms. The largest absolute Gasteiger partial charge is 0.497 e. The van der Waals surface area contributed by atoms with Crippen molar-refractivity contribution in [2.45, 2.75) is 6.42 Å². The third-order valence-corrected chi connectivity index (χ3v) is 5.08. The molecule has 158 valence electrons. The van der Waals surface area contributed by atoms with Gasteiger partial charge in [0.25, 0.3) is 5.91 Å². The fraction of sp³-hybridized carbons (Fsp3) is 0.200. The zero-order chi connectivity index (χ0) is 21.6. The average molecular weight is 417 g/mol. The molecule has 0 spiro atoms. The predicted octanol–water partition coefficient (Wildman–Crippen LogP) is 3.67. The highest BCUT2D eigenvalue weighted by Crippen LogP contribution is 2.31. The Kier molecular flexibility index (Phi) is 6.17. The van der Waals surface area contributed by atoms with Crippen molar-refractivity contribution in [3.05, 3.63) is 89.0 Å². The first-order chi connectivity index (χ1) is 15.2. The quantitative estimate of drug-likeness (QED) is 0.594. The molecule has 0 bridgehead atoms. The van der Waals surface area contributed by atoms with Crippen molar-refractivity contribution in [1.29, 1.82) is 0 Å². The molecule has 1 aliphatic heterocycles. The number of nitrogens with one attached hydrogen (secondary N) is 1. The molecule has 1 heterocycles. The number of ether oxygens (including phenoxy) is 3. The van der Waals surface area contributed by atoms with E-state index in [1.165, 1.54) is 0 Å². The molecule has 1 amide bonds. The summed E-state index contributed by atoms with van der Waals surface area (Å²) in [5, 5.41) is 2.91. The van der Waals surface area contributed by atoms with Gasteiger partial charge in [0.1, 0.15) is 19.0 Å². The van der Waals surface area contributed by atoms with E-state index in [1.54, 1.807) is 49.6 Å². The number of hydrogen-bond acceptors (Lipinski definition) is 5. The molecule has 6 nitrogen and oxygen atoms in total. The number of benzene rings is 3. The summed E-state index contributed by atoms with van der Waals surface area (Å²) in [6.07, 6.45) is 0.675. The molecule has 1 aliphatic rings. The monoisotopic (exact) mass is 417 g/mol. The van der Waals surface area contributed by atoms with Gasteiger partial charge in [0.15, 0.2) is 17.3 Å². The maximum Gasteiger partial charge on any atom is 0.252 e. The van der Waals surface area contributed by atoms with Crippen molar-refractivity contribution in [1.82, 2.24) is 5.32 Å². The van der Waals surface area contributed by atoms with E-state index in [0.717, 1.165) is 11.3 Å². The average Bonchev–Trinajstić information content (AvgIpc) is 2.83. The summed E-state index contributed by atoms with van der Waals surface area (Å²) in [6, 6.07) is 19.6. The number of amides is 1. The van der Waals surface area contributed by atoms with Crippen LogP contribution in [0.4, 0.5) is 0 Å². The molecule has 4 rings (SSSR count). The van der Waals surface area contributed by atoms with Crippen molar-refractivity contribution in [2.75, 3.05) is 26.9 Å². The highest BCUT2D eigenvalue weighted by atomic mass is 16.6. The van der Waals surface area contributed by atoms with Gasteiger partial charge in [0, 0.05) is 17.7 Å². The third kappa shape index (κ3) is 4.69. The van der Waals surface area contributed by atoms with Crippen LogP contribution in [0.5, 0.6) is 17.2 Å². The molecule has 0 saturated carbocycles. The molecule has 0 atom stereocenters. The second kappa shape index (κ2) is 9.34. The van der Waals surface area contributed by atoms with Crippen molar-refractivity contribution in [2.24, 2.45) is 0 Å². The zero-order valence-electron chi connectivity index (χ0n) is 17.2. The molecular formula is C25H23NO5. The van der Waals surface area contributed by atoms with Gasteiger partial charge in [-0.15, -0.1) is 0 Å². The van der Waals surface area contributed by atoms with Crippen molar-refractivity contribution in [3.8, 4) is 17.2 Å².